The van der Waals surface area contributed by atoms with Crippen molar-refractivity contribution < 1.29 is 17.9 Å². The summed E-state index contributed by atoms with van der Waals surface area (Å²) in [4.78, 5) is 13.0. The first-order valence-electron chi connectivity index (χ1n) is 10.4. The minimum Gasteiger partial charge on any atom is -0.494 e. The number of benzene rings is 3. The van der Waals surface area contributed by atoms with Gasteiger partial charge in [-0.3, -0.25) is 9.10 Å². The van der Waals surface area contributed by atoms with Gasteiger partial charge in [-0.1, -0.05) is 35.9 Å². The van der Waals surface area contributed by atoms with Gasteiger partial charge in [-0.2, -0.15) is 0 Å². The molecule has 7 heteroatoms. The van der Waals surface area contributed by atoms with Gasteiger partial charge < -0.3 is 10.1 Å². The summed E-state index contributed by atoms with van der Waals surface area (Å²) in [5.74, 6) is 0.165. The highest BCUT2D eigenvalue weighted by Gasteiger charge is 2.27. The number of rotatable bonds is 8. The molecule has 0 bridgehead atoms. The number of carbonyl (C=O) groups is 1. The van der Waals surface area contributed by atoms with E-state index in [9.17, 15) is 13.2 Å². The van der Waals surface area contributed by atoms with E-state index in [4.69, 9.17) is 4.74 Å². The first kappa shape index (κ1) is 23.3. The Labute approximate surface area is 189 Å². The Bertz CT molecular complexity index is 1170. The van der Waals surface area contributed by atoms with Crippen molar-refractivity contribution in [2.24, 2.45) is 0 Å². The first-order valence-corrected chi connectivity index (χ1v) is 11.8. The van der Waals surface area contributed by atoms with Crippen LogP contribution < -0.4 is 14.4 Å². The fourth-order valence-electron chi connectivity index (χ4n) is 3.35. The van der Waals surface area contributed by atoms with Crippen LogP contribution in [0, 0.1) is 20.8 Å². The van der Waals surface area contributed by atoms with E-state index in [2.05, 4.69) is 5.32 Å². The van der Waals surface area contributed by atoms with Crippen molar-refractivity contribution in [3.05, 3.63) is 83.4 Å². The van der Waals surface area contributed by atoms with Crippen molar-refractivity contribution in [1.82, 2.24) is 0 Å². The van der Waals surface area contributed by atoms with Gasteiger partial charge in [-0.05, 0) is 75.2 Å². The minimum absolute atomic E-state index is 0.0846. The predicted molar refractivity (Wildman–Crippen MR) is 128 cm³/mol. The molecule has 0 saturated carbocycles. The third kappa shape index (κ3) is 5.29. The molecular weight excluding hydrogens is 424 g/mol. The highest BCUT2D eigenvalue weighted by molar-refractivity contribution is 7.92. The van der Waals surface area contributed by atoms with E-state index < -0.39 is 15.9 Å². The van der Waals surface area contributed by atoms with Crippen LogP contribution in [0.15, 0.2) is 71.6 Å². The average molecular weight is 453 g/mol. The molecule has 0 saturated heterocycles. The summed E-state index contributed by atoms with van der Waals surface area (Å²) < 4.78 is 33.6. The van der Waals surface area contributed by atoms with Crippen LogP contribution in [-0.2, 0) is 14.8 Å². The maximum Gasteiger partial charge on any atom is 0.264 e. The summed E-state index contributed by atoms with van der Waals surface area (Å²) in [6.07, 6.45) is 0. The van der Waals surface area contributed by atoms with Crippen molar-refractivity contribution in [2.75, 3.05) is 22.8 Å². The molecule has 1 amide bonds. The summed E-state index contributed by atoms with van der Waals surface area (Å²) in [5, 5.41) is 2.87. The van der Waals surface area contributed by atoms with Gasteiger partial charge in [-0.15, -0.1) is 0 Å². The van der Waals surface area contributed by atoms with Crippen LogP contribution in [0.2, 0.25) is 0 Å². The van der Waals surface area contributed by atoms with Crippen LogP contribution in [0.3, 0.4) is 0 Å². The van der Waals surface area contributed by atoms with Crippen molar-refractivity contribution in [3.8, 4) is 5.75 Å². The van der Waals surface area contributed by atoms with Crippen LogP contribution in [0.25, 0.3) is 0 Å². The average Bonchev–Trinajstić information content (AvgIpc) is 2.76. The maximum absolute atomic E-state index is 13.5. The first-order chi connectivity index (χ1) is 15.2. The predicted octanol–water partition coefficient (Wildman–Crippen LogP) is 4.84. The maximum atomic E-state index is 13.5. The molecule has 32 heavy (non-hydrogen) atoms. The van der Waals surface area contributed by atoms with Crippen LogP contribution in [0.1, 0.15) is 23.6 Å². The van der Waals surface area contributed by atoms with Gasteiger partial charge in [0.05, 0.1) is 17.2 Å². The summed E-state index contributed by atoms with van der Waals surface area (Å²) in [6.45, 7) is 7.71. The number of ether oxygens (including phenoxy) is 1. The molecule has 3 aromatic carbocycles. The standard InChI is InChI=1S/C25H28N2O4S/c1-5-31-22-13-15-23(16-14-22)32(29,30)27(21-11-9-18(2)10-12-21)17-24(28)26-25-19(3)7-6-8-20(25)4/h6-16H,5,17H2,1-4H3,(H,26,28). The van der Waals surface area contributed by atoms with Gasteiger partial charge >= 0.3 is 0 Å². The number of hydrogen-bond donors (Lipinski definition) is 1. The Balaban J connectivity index is 1.95. The molecule has 0 aliphatic carbocycles. The molecule has 0 atom stereocenters. The lowest BCUT2D eigenvalue weighted by Crippen LogP contribution is -2.38. The molecule has 0 aliphatic rings. The number of anilines is 2. The van der Waals surface area contributed by atoms with E-state index in [1.54, 1.807) is 24.3 Å². The number of nitrogens with zero attached hydrogens (tertiary/aromatic N) is 1. The van der Waals surface area contributed by atoms with Crippen molar-refractivity contribution in [2.45, 2.75) is 32.6 Å². The number of aryl methyl sites for hydroxylation is 3. The zero-order valence-corrected chi connectivity index (χ0v) is 19.6. The van der Waals surface area contributed by atoms with E-state index >= 15 is 0 Å². The Kier molecular flexibility index (Phi) is 7.20. The molecular formula is C25H28N2O4S. The lowest BCUT2D eigenvalue weighted by atomic mass is 10.1. The highest BCUT2D eigenvalue weighted by Crippen LogP contribution is 2.26. The number of sulfonamides is 1. The third-order valence-electron chi connectivity index (χ3n) is 5.08. The Hall–Kier alpha value is -3.32. The van der Waals surface area contributed by atoms with E-state index in [-0.39, 0.29) is 11.4 Å². The van der Waals surface area contributed by atoms with Gasteiger partial charge in [0, 0.05) is 5.69 Å². The normalized spacial score (nSPS) is 11.1. The number of carbonyl (C=O) groups excluding carboxylic acids is 1. The number of amides is 1. The lowest BCUT2D eigenvalue weighted by molar-refractivity contribution is -0.114. The molecule has 6 nitrogen and oxygen atoms in total. The smallest absolute Gasteiger partial charge is 0.264 e. The van der Waals surface area contributed by atoms with Gasteiger partial charge in [0.25, 0.3) is 10.0 Å². The van der Waals surface area contributed by atoms with Gasteiger partial charge in [0.15, 0.2) is 0 Å². The van der Waals surface area contributed by atoms with Crippen LogP contribution in [0.4, 0.5) is 11.4 Å². The second-order valence-electron chi connectivity index (χ2n) is 7.57. The topological polar surface area (TPSA) is 75.7 Å². The van der Waals surface area contributed by atoms with Crippen LogP contribution in [-0.4, -0.2) is 27.5 Å². The highest BCUT2D eigenvalue weighted by atomic mass is 32.2. The van der Waals surface area contributed by atoms with Crippen molar-refractivity contribution in [3.63, 3.8) is 0 Å². The summed E-state index contributed by atoms with van der Waals surface area (Å²) in [7, 11) is -3.99. The quantitative estimate of drug-likeness (QED) is 0.530. The van der Waals surface area contributed by atoms with E-state index in [0.717, 1.165) is 21.0 Å². The zero-order valence-electron chi connectivity index (χ0n) is 18.8. The molecule has 0 unspecified atom stereocenters. The molecule has 3 aromatic rings. The minimum atomic E-state index is -3.99. The van der Waals surface area contributed by atoms with Crippen molar-refractivity contribution >= 4 is 27.3 Å². The van der Waals surface area contributed by atoms with Gasteiger partial charge in [0.2, 0.25) is 5.91 Å². The molecule has 1 N–H and O–H groups in total. The second kappa shape index (κ2) is 9.87. The Morgan fingerprint density at radius 3 is 2.06 bits per heavy atom. The molecule has 0 heterocycles. The second-order valence-corrected chi connectivity index (χ2v) is 9.43. The fourth-order valence-corrected chi connectivity index (χ4v) is 4.77. The summed E-state index contributed by atoms with van der Waals surface area (Å²) in [6, 6.07) is 19.0. The number of hydrogen-bond acceptors (Lipinski definition) is 4. The molecule has 0 fully saturated rings. The monoisotopic (exact) mass is 452 g/mol. The molecule has 0 radical (unpaired) electrons. The van der Waals surface area contributed by atoms with E-state index in [0.29, 0.717) is 23.7 Å². The van der Waals surface area contributed by atoms with E-state index in [1.165, 1.54) is 12.1 Å². The van der Waals surface area contributed by atoms with E-state index in [1.807, 2.05) is 58.0 Å². The molecule has 0 aromatic heterocycles. The fraction of sp³-hybridized carbons (Fsp3) is 0.240. The molecule has 0 spiro atoms. The molecule has 168 valence electrons. The SMILES string of the molecule is CCOc1ccc(S(=O)(=O)N(CC(=O)Nc2c(C)cccc2C)c2ccc(C)cc2)cc1. The lowest BCUT2D eigenvalue weighted by Gasteiger charge is -2.25. The number of nitrogens with one attached hydrogen (secondary N) is 1. The Morgan fingerprint density at radius 2 is 1.50 bits per heavy atom. The Morgan fingerprint density at radius 1 is 0.906 bits per heavy atom. The van der Waals surface area contributed by atoms with Crippen LogP contribution in [0.5, 0.6) is 5.75 Å². The van der Waals surface area contributed by atoms with Crippen LogP contribution >= 0.6 is 0 Å². The van der Waals surface area contributed by atoms with Gasteiger partial charge in [0.1, 0.15) is 12.3 Å². The third-order valence-corrected chi connectivity index (χ3v) is 6.87. The molecule has 0 aliphatic heterocycles. The summed E-state index contributed by atoms with van der Waals surface area (Å²) >= 11 is 0. The number of para-hydroxylation sites is 1. The summed E-state index contributed by atoms with van der Waals surface area (Å²) in [5.41, 5.74) is 3.93. The van der Waals surface area contributed by atoms with Gasteiger partial charge in [-0.25, -0.2) is 8.42 Å². The van der Waals surface area contributed by atoms with Crippen molar-refractivity contribution in [1.29, 1.82) is 0 Å². The zero-order chi connectivity index (χ0) is 23.3. The molecule has 3 rings (SSSR count). The largest absolute Gasteiger partial charge is 0.494 e.